The monoisotopic (exact) mass is 356 g/mol. The second kappa shape index (κ2) is 7.27. The Kier molecular flexibility index (Phi) is 4.90. The largest absolute Gasteiger partial charge is 0.480 e. The highest BCUT2D eigenvalue weighted by molar-refractivity contribution is 7.21. The molecular formula is C17H16N4O3S. The van der Waals surface area contributed by atoms with Crippen LogP contribution in [0, 0.1) is 0 Å². The zero-order chi connectivity index (χ0) is 17.8. The number of carbonyl (C=O) groups is 2. The molecule has 0 spiro atoms. The number of nitrogens with zero attached hydrogens (tertiary/aromatic N) is 2. The van der Waals surface area contributed by atoms with Gasteiger partial charge in [0.1, 0.15) is 23.0 Å². The molecule has 0 saturated heterocycles. The number of hydrogen-bond donors (Lipinski definition) is 3. The second-order valence-corrected chi connectivity index (χ2v) is 6.49. The predicted octanol–water partition coefficient (Wildman–Crippen LogP) is 2.49. The van der Waals surface area contributed by atoms with E-state index in [0.717, 1.165) is 20.7 Å². The van der Waals surface area contributed by atoms with E-state index in [9.17, 15) is 14.7 Å². The van der Waals surface area contributed by atoms with Crippen LogP contribution in [-0.2, 0) is 9.59 Å². The molecule has 2 aromatic heterocycles. The molecule has 0 aliphatic rings. The highest BCUT2D eigenvalue weighted by Crippen LogP contribution is 2.35. The van der Waals surface area contributed by atoms with Crippen LogP contribution in [-0.4, -0.2) is 33.0 Å². The number of thiophene rings is 1. The third kappa shape index (κ3) is 3.92. The number of anilines is 1. The Hall–Kier alpha value is -3.00. The lowest BCUT2D eigenvalue weighted by atomic mass is 10.1. The fourth-order valence-electron chi connectivity index (χ4n) is 2.42. The molecule has 4 N–H and O–H groups in total. The quantitative estimate of drug-likeness (QED) is 0.598. The summed E-state index contributed by atoms with van der Waals surface area (Å²) in [6.07, 6.45) is 1.46. The van der Waals surface area contributed by atoms with Crippen molar-refractivity contribution in [1.82, 2.24) is 9.97 Å². The molecule has 0 fully saturated rings. The van der Waals surface area contributed by atoms with E-state index in [2.05, 4.69) is 15.3 Å². The summed E-state index contributed by atoms with van der Waals surface area (Å²) in [5.74, 6) is -1.17. The number of carboxylic acid groups (broad SMARTS) is 1. The molecule has 0 saturated carbocycles. The van der Waals surface area contributed by atoms with E-state index in [0.29, 0.717) is 5.82 Å². The Balaban J connectivity index is 1.92. The second-order valence-electron chi connectivity index (χ2n) is 5.46. The van der Waals surface area contributed by atoms with Crippen LogP contribution in [0.2, 0.25) is 0 Å². The van der Waals surface area contributed by atoms with Crippen LogP contribution < -0.4 is 11.1 Å². The number of carbonyl (C=O) groups excluding carboxylic acids is 1. The summed E-state index contributed by atoms with van der Waals surface area (Å²) in [4.78, 5) is 32.6. The maximum atomic E-state index is 11.4. The molecule has 1 amide bonds. The van der Waals surface area contributed by atoms with E-state index < -0.39 is 17.9 Å². The predicted molar refractivity (Wildman–Crippen MR) is 96.3 cm³/mol. The van der Waals surface area contributed by atoms with Crippen molar-refractivity contribution < 1.29 is 14.7 Å². The van der Waals surface area contributed by atoms with Crippen molar-refractivity contribution in [2.24, 2.45) is 5.73 Å². The first-order valence-corrected chi connectivity index (χ1v) is 8.44. The molecule has 0 aliphatic heterocycles. The summed E-state index contributed by atoms with van der Waals surface area (Å²) in [5.41, 5.74) is 6.16. The molecule has 1 aromatic carbocycles. The SMILES string of the molecule is NC(=O)CCC(Nc1ncnc2sc(-c3ccccc3)cc12)C(=O)O. The number of carboxylic acids is 1. The fourth-order valence-corrected chi connectivity index (χ4v) is 3.43. The van der Waals surface area contributed by atoms with Crippen molar-refractivity contribution in [3.8, 4) is 10.4 Å². The molecule has 1 unspecified atom stereocenters. The average molecular weight is 356 g/mol. The van der Waals surface area contributed by atoms with E-state index in [1.54, 1.807) is 0 Å². The maximum Gasteiger partial charge on any atom is 0.326 e. The van der Waals surface area contributed by atoms with Crippen molar-refractivity contribution in [2.45, 2.75) is 18.9 Å². The van der Waals surface area contributed by atoms with Crippen LogP contribution in [0.25, 0.3) is 20.7 Å². The van der Waals surface area contributed by atoms with Gasteiger partial charge in [0, 0.05) is 11.3 Å². The molecule has 2 heterocycles. The summed E-state index contributed by atoms with van der Waals surface area (Å²) < 4.78 is 0. The van der Waals surface area contributed by atoms with E-state index in [4.69, 9.17) is 5.73 Å². The average Bonchev–Trinajstić information content (AvgIpc) is 3.04. The van der Waals surface area contributed by atoms with Crippen LogP contribution in [0.3, 0.4) is 0 Å². The zero-order valence-corrected chi connectivity index (χ0v) is 14.0. The van der Waals surface area contributed by atoms with Crippen LogP contribution in [0.1, 0.15) is 12.8 Å². The summed E-state index contributed by atoms with van der Waals surface area (Å²) in [5, 5.41) is 13.0. The van der Waals surface area contributed by atoms with Gasteiger partial charge in [-0.1, -0.05) is 30.3 Å². The minimum atomic E-state index is -1.06. The van der Waals surface area contributed by atoms with Gasteiger partial charge in [-0.25, -0.2) is 14.8 Å². The topological polar surface area (TPSA) is 118 Å². The molecule has 128 valence electrons. The summed E-state index contributed by atoms with van der Waals surface area (Å²) in [6, 6.07) is 10.8. The standard InChI is InChI=1S/C17H16N4O3S/c18-14(22)7-6-12(17(23)24)21-15-11-8-13(10-4-2-1-3-5-10)25-16(11)20-9-19-15/h1-5,8-9,12H,6-7H2,(H2,18,22)(H,23,24)(H,19,20,21). The molecule has 7 nitrogen and oxygen atoms in total. The Morgan fingerprint density at radius 3 is 2.68 bits per heavy atom. The van der Waals surface area contributed by atoms with Gasteiger partial charge in [-0.05, 0) is 18.1 Å². The number of aromatic nitrogens is 2. The molecule has 0 radical (unpaired) electrons. The third-order valence-electron chi connectivity index (χ3n) is 3.68. The van der Waals surface area contributed by atoms with Gasteiger partial charge in [0.2, 0.25) is 5.91 Å². The number of primary amides is 1. The van der Waals surface area contributed by atoms with E-state index in [-0.39, 0.29) is 12.8 Å². The molecule has 3 rings (SSSR count). The van der Waals surface area contributed by atoms with Gasteiger partial charge in [-0.2, -0.15) is 0 Å². The number of nitrogens with one attached hydrogen (secondary N) is 1. The van der Waals surface area contributed by atoms with Crippen molar-refractivity contribution in [3.63, 3.8) is 0 Å². The molecule has 0 bridgehead atoms. The highest BCUT2D eigenvalue weighted by Gasteiger charge is 2.20. The molecule has 25 heavy (non-hydrogen) atoms. The van der Waals surface area contributed by atoms with E-state index >= 15 is 0 Å². The van der Waals surface area contributed by atoms with Crippen molar-refractivity contribution in [2.75, 3.05) is 5.32 Å². The van der Waals surface area contributed by atoms with Gasteiger partial charge in [0.15, 0.2) is 0 Å². The van der Waals surface area contributed by atoms with Crippen molar-refractivity contribution >= 4 is 39.2 Å². The number of rotatable bonds is 7. The molecule has 8 heteroatoms. The van der Waals surface area contributed by atoms with Gasteiger partial charge in [-0.15, -0.1) is 11.3 Å². The first-order valence-electron chi connectivity index (χ1n) is 7.62. The van der Waals surface area contributed by atoms with Crippen LogP contribution in [0.15, 0.2) is 42.7 Å². The first-order chi connectivity index (χ1) is 12.0. The normalized spacial score (nSPS) is 12.0. The Labute approximate surface area is 147 Å². The van der Waals surface area contributed by atoms with Gasteiger partial charge < -0.3 is 16.2 Å². The van der Waals surface area contributed by atoms with Crippen molar-refractivity contribution in [1.29, 1.82) is 0 Å². The molecule has 1 atom stereocenters. The first kappa shape index (κ1) is 16.8. The number of amides is 1. The lowest BCUT2D eigenvalue weighted by Crippen LogP contribution is -2.31. The Bertz CT molecular complexity index is 911. The fraction of sp³-hybridized carbons (Fsp3) is 0.176. The van der Waals surface area contributed by atoms with Gasteiger partial charge in [-0.3, -0.25) is 4.79 Å². The lowest BCUT2D eigenvalue weighted by molar-refractivity contribution is -0.138. The molecular weight excluding hydrogens is 340 g/mol. The maximum absolute atomic E-state index is 11.4. The lowest BCUT2D eigenvalue weighted by Gasteiger charge is -2.14. The van der Waals surface area contributed by atoms with Gasteiger partial charge >= 0.3 is 5.97 Å². The van der Waals surface area contributed by atoms with Crippen molar-refractivity contribution in [3.05, 3.63) is 42.7 Å². The Morgan fingerprint density at radius 1 is 1.24 bits per heavy atom. The summed E-state index contributed by atoms with van der Waals surface area (Å²) >= 11 is 1.51. The van der Waals surface area contributed by atoms with Crippen LogP contribution >= 0.6 is 11.3 Å². The minimum Gasteiger partial charge on any atom is -0.480 e. The number of fused-ring (bicyclic) bond motifs is 1. The van der Waals surface area contributed by atoms with Crippen LogP contribution in [0.4, 0.5) is 5.82 Å². The van der Waals surface area contributed by atoms with Gasteiger partial charge in [0.25, 0.3) is 0 Å². The molecule has 0 aliphatic carbocycles. The summed E-state index contributed by atoms with van der Waals surface area (Å²) in [6.45, 7) is 0. The zero-order valence-electron chi connectivity index (χ0n) is 13.2. The number of benzene rings is 1. The smallest absolute Gasteiger partial charge is 0.326 e. The number of hydrogen-bond acceptors (Lipinski definition) is 6. The number of aliphatic carboxylic acids is 1. The Morgan fingerprint density at radius 2 is 2.00 bits per heavy atom. The van der Waals surface area contributed by atoms with Gasteiger partial charge in [0.05, 0.1) is 5.39 Å². The number of nitrogens with two attached hydrogens (primary N) is 1. The highest BCUT2D eigenvalue weighted by atomic mass is 32.1. The summed E-state index contributed by atoms with van der Waals surface area (Å²) in [7, 11) is 0. The third-order valence-corrected chi connectivity index (χ3v) is 4.77. The van der Waals surface area contributed by atoms with E-state index in [1.807, 2.05) is 36.4 Å². The minimum absolute atomic E-state index is 0.0168. The van der Waals surface area contributed by atoms with Crippen LogP contribution in [0.5, 0.6) is 0 Å². The van der Waals surface area contributed by atoms with E-state index in [1.165, 1.54) is 17.7 Å². The molecule has 3 aromatic rings.